The lowest BCUT2D eigenvalue weighted by molar-refractivity contribution is 0.587. The van der Waals surface area contributed by atoms with Crippen LogP contribution in [-0.2, 0) is 10.0 Å². The molecule has 1 rings (SSSR count). The molecule has 0 spiro atoms. The van der Waals surface area contributed by atoms with Gasteiger partial charge in [-0.05, 0) is 31.5 Å². The van der Waals surface area contributed by atoms with E-state index in [0.29, 0.717) is 0 Å². The summed E-state index contributed by atoms with van der Waals surface area (Å²) in [5, 5.41) is 0. The maximum Gasteiger partial charge on any atom is 0.241 e. The lowest BCUT2D eigenvalue weighted by Crippen LogP contribution is -2.18. The third-order valence-corrected chi connectivity index (χ3v) is 3.36. The molecule has 0 aromatic carbocycles. The molecule has 0 unspecified atom stereocenters. The number of pyridine rings is 1. The maximum atomic E-state index is 11.5. The predicted molar refractivity (Wildman–Crippen MR) is 58.8 cm³/mol. The van der Waals surface area contributed by atoms with Crippen molar-refractivity contribution in [2.24, 2.45) is 0 Å². The molecule has 1 N–H and O–H groups in total. The average molecular weight is 227 g/mol. The molecule has 1 heterocycles. The molecule has 0 saturated heterocycles. The van der Waals surface area contributed by atoms with Crippen molar-refractivity contribution in [1.82, 2.24) is 9.71 Å². The van der Waals surface area contributed by atoms with E-state index in [1.807, 2.05) is 6.42 Å². The summed E-state index contributed by atoms with van der Waals surface area (Å²) in [6.45, 7) is 2.07. The van der Waals surface area contributed by atoms with Crippen molar-refractivity contribution in [3.05, 3.63) is 30.4 Å². The second kappa shape index (κ2) is 5.23. The highest BCUT2D eigenvalue weighted by Crippen LogP contribution is 2.12. The summed E-state index contributed by atoms with van der Waals surface area (Å²) in [6.07, 6.45) is 6.93. The topological polar surface area (TPSA) is 59.1 Å². The van der Waals surface area contributed by atoms with Crippen molar-refractivity contribution >= 4 is 10.0 Å². The van der Waals surface area contributed by atoms with E-state index in [-0.39, 0.29) is 4.90 Å². The fourth-order valence-electron chi connectivity index (χ4n) is 1.12. The van der Waals surface area contributed by atoms with Gasteiger partial charge < -0.3 is 0 Å². The van der Waals surface area contributed by atoms with Crippen molar-refractivity contribution in [2.75, 3.05) is 7.05 Å². The molecule has 1 aromatic heterocycles. The number of unbranched alkanes of at least 4 members (excludes halogenated alkanes) is 1. The monoisotopic (exact) mass is 227 g/mol. The maximum absolute atomic E-state index is 11.5. The standard InChI is InChI=1S/C10H15N2O2S/c1-3-4-5-9-6-10(8-12-7-9)15(13,14)11-2/h5-8,11H,3-4H2,1-2H3. The first-order valence-corrected chi connectivity index (χ1v) is 6.30. The molecule has 1 aromatic rings. The molecular formula is C10H15N2O2S. The lowest BCUT2D eigenvalue weighted by Gasteiger charge is -2.04. The van der Waals surface area contributed by atoms with Gasteiger partial charge in [0.1, 0.15) is 4.90 Å². The molecule has 0 aliphatic rings. The van der Waals surface area contributed by atoms with Gasteiger partial charge in [0.05, 0.1) is 0 Å². The fourth-order valence-corrected chi connectivity index (χ4v) is 1.85. The zero-order chi connectivity index (χ0) is 11.3. The molecule has 0 amide bonds. The van der Waals surface area contributed by atoms with Crippen LogP contribution in [0.4, 0.5) is 0 Å². The molecule has 5 heteroatoms. The van der Waals surface area contributed by atoms with E-state index >= 15 is 0 Å². The second-order valence-electron chi connectivity index (χ2n) is 3.15. The number of hydrogen-bond acceptors (Lipinski definition) is 3. The molecule has 1 radical (unpaired) electrons. The van der Waals surface area contributed by atoms with Gasteiger partial charge in [0.2, 0.25) is 10.0 Å². The molecule has 0 aliphatic carbocycles. The Kier molecular flexibility index (Phi) is 4.23. The molecule has 15 heavy (non-hydrogen) atoms. The average Bonchev–Trinajstić information content (AvgIpc) is 2.27. The molecule has 83 valence electrons. The van der Waals surface area contributed by atoms with E-state index < -0.39 is 10.0 Å². The quantitative estimate of drug-likeness (QED) is 0.825. The Morgan fingerprint density at radius 2 is 2.20 bits per heavy atom. The largest absolute Gasteiger partial charge is 0.263 e. The van der Waals surface area contributed by atoms with E-state index in [1.165, 1.54) is 13.2 Å². The van der Waals surface area contributed by atoms with Crippen LogP contribution < -0.4 is 4.72 Å². The van der Waals surface area contributed by atoms with Crippen LogP contribution in [-0.4, -0.2) is 20.4 Å². The van der Waals surface area contributed by atoms with Crippen LogP contribution in [0.25, 0.3) is 0 Å². The van der Waals surface area contributed by atoms with Gasteiger partial charge in [-0.25, -0.2) is 13.1 Å². The minimum Gasteiger partial charge on any atom is -0.263 e. The summed E-state index contributed by atoms with van der Waals surface area (Å²) in [7, 11) is -1.99. The zero-order valence-corrected chi connectivity index (χ0v) is 9.71. The Labute approximate surface area is 90.8 Å². The third-order valence-electron chi connectivity index (χ3n) is 1.98. The van der Waals surface area contributed by atoms with E-state index in [9.17, 15) is 8.42 Å². The van der Waals surface area contributed by atoms with Gasteiger partial charge in [0, 0.05) is 12.4 Å². The minimum atomic E-state index is -3.38. The van der Waals surface area contributed by atoms with Crippen molar-refractivity contribution in [1.29, 1.82) is 0 Å². The van der Waals surface area contributed by atoms with Gasteiger partial charge in [-0.2, -0.15) is 0 Å². The highest BCUT2D eigenvalue weighted by atomic mass is 32.2. The normalized spacial score (nSPS) is 11.6. The number of rotatable bonds is 5. The van der Waals surface area contributed by atoms with E-state index in [2.05, 4.69) is 16.6 Å². The number of hydrogen-bond donors (Lipinski definition) is 1. The Balaban J connectivity index is 2.93. The zero-order valence-electron chi connectivity index (χ0n) is 8.90. The molecular weight excluding hydrogens is 212 g/mol. The van der Waals surface area contributed by atoms with Gasteiger partial charge in [0.25, 0.3) is 0 Å². The van der Waals surface area contributed by atoms with Crippen LogP contribution in [0.5, 0.6) is 0 Å². The first-order chi connectivity index (χ1) is 7.10. The smallest absolute Gasteiger partial charge is 0.241 e. The van der Waals surface area contributed by atoms with Gasteiger partial charge in [-0.3, -0.25) is 4.98 Å². The molecule has 0 saturated carbocycles. The summed E-state index contributed by atoms with van der Waals surface area (Å²) in [6, 6.07) is 1.62. The Bertz CT molecular complexity index is 415. The highest BCUT2D eigenvalue weighted by Gasteiger charge is 2.11. The van der Waals surface area contributed by atoms with E-state index in [0.717, 1.165) is 18.4 Å². The Morgan fingerprint density at radius 1 is 1.47 bits per heavy atom. The summed E-state index contributed by atoms with van der Waals surface area (Å²) in [4.78, 5) is 4.10. The number of nitrogens with zero attached hydrogens (tertiary/aromatic N) is 1. The van der Waals surface area contributed by atoms with Gasteiger partial charge in [0.15, 0.2) is 0 Å². The molecule has 0 bridgehead atoms. The van der Waals surface area contributed by atoms with Crippen LogP contribution in [0, 0.1) is 6.42 Å². The highest BCUT2D eigenvalue weighted by molar-refractivity contribution is 7.89. The van der Waals surface area contributed by atoms with Crippen LogP contribution in [0.15, 0.2) is 23.4 Å². The molecule has 0 fully saturated rings. The summed E-state index contributed by atoms with van der Waals surface area (Å²) in [5.74, 6) is 0. The fraction of sp³-hybridized carbons (Fsp3) is 0.400. The first kappa shape index (κ1) is 12.1. The van der Waals surface area contributed by atoms with Crippen molar-refractivity contribution in [2.45, 2.75) is 24.7 Å². The summed E-state index contributed by atoms with van der Waals surface area (Å²) < 4.78 is 25.2. The summed E-state index contributed by atoms with van der Waals surface area (Å²) in [5.41, 5.74) is 0.841. The molecule has 4 nitrogen and oxygen atoms in total. The molecule has 0 atom stereocenters. The predicted octanol–water partition coefficient (Wildman–Crippen LogP) is 1.34. The van der Waals surface area contributed by atoms with Gasteiger partial charge >= 0.3 is 0 Å². The summed E-state index contributed by atoms with van der Waals surface area (Å²) >= 11 is 0. The Hall–Kier alpha value is -0.940. The van der Waals surface area contributed by atoms with Gasteiger partial charge in [-0.1, -0.05) is 13.3 Å². The van der Waals surface area contributed by atoms with E-state index in [4.69, 9.17) is 0 Å². The van der Waals surface area contributed by atoms with E-state index in [1.54, 1.807) is 12.3 Å². The number of nitrogens with one attached hydrogen (secondary N) is 1. The molecule has 0 aliphatic heterocycles. The van der Waals surface area contributed by atoms with Crippen molar-refractivity contribution in [3.8, 4) is 0 Å². The van der Waals surface area contributed by atoms with Crippen molar-refractivity contribution in [3.63, 3.8) is 0 Å². The Morgan fingerprint density at radius 3 is 2.80 bits per heavy atom. The second-order valence-corrected chi connectivity index (χ2v) is 5.04. The van der Waals surface area contributed by atoms with Gasteiger partial charge in [-0.15, -0.1) is 0 Å². The third kappa shape index (κ3) is 3.28. The van der Waals surface area contributed by atoms with Crippen LogP contribution in [0.2, 0.25) is 0 Å². The van der Waals surface area contributed by atoms with Crippen LogP contribution >= 0.6 is 0 Å². The van der Waals surface area contributed by atoms with Crippen LogP contribution in [0.1, 0.15) is 25.3 Å². The van der Waals surface area contributed by atoms with Crippen LogP contribution in [0.3, 0.4) is 0 Å². The number of sulfonamides is 1. The SMILES string of the molecule is CCC[CH]c1cncc(S(=O)(=O)NC)c1. The minimum absolute atomic E-state index is 0.204. The first-order valence-electron chi connectivity index (χ1n) is 4.82. The number of aromatic nitrogens is 1. The van der Waals surface area contributed by atoms with Crippen molar-refractivity contribution < 1.29 is 8.42 Å². The lowest BCUT2D eigenvalue weighted by atomic mass is 10.1.